The third kappa shape index (κ3) is 9.77. The third-order valence-electron chi connectivity index (χ3n) is 13.6. The van der Waals surface area contributed by atoms with Gasteiger partial charge in [-0.15, -0.1) is 32.9 Å². The van der Waals surface area contributed by atoms with Gasteiger partial charge in [-0.2, -0.15) is 5.10 Å². The Morgan fingerprint density at radius 1 is 0.930 bits per heavy atom. The number of carbonyl (C=O) groups excluding carboxylic acids is 3. The smallest absolute Gasteiger partial charge is 0.248 e. The topological polar surface area (TPSA) is 195 Å². The molecule has 0 spiro atoms. The lowest BCUT2D eigenvalue weighted by Gasteiger charge is -2.35. The molecule has 4 atom stereocenters. The second-order valence-electron chi connectivity index (χ2n) is 18.9. The molecule has 3 N–H and O–H groups in total. The Morgan fingerprint density at radius 3 is 2.42 bits per heavy atom. The number of hydrogen-bond acceptors (Lipinski definition) is 13. The van der Waals surface area contributed by atoms with E-state index in [1.165, 1.54) is 9.78 Å². The molecule has 3 amide bonds. The Labute approximate surface area is 424 Å². The molecule has 19 heteroatoms. The summed E-state index contributed by atoms with van der Waals surface area (Å²) in [4.78, 5) is 59.5. The molecule has 1 unspecified atom stereocenters. The number of ether oxygens (including phenoxy) is 1. The summed E-state index contributed by atoms with van der Waals surface area (Å²) in [5.41, 5.74) is 10.2. The van der Waals surface area contributed by atoms with Gasteiger partial charge in [0.15, 0.2) is 5.82 Å². The van der Waals surface area contributed by atoms with E-state index in [1.807, 2.05) is 105 Å². The number of nitrogens with one attached hydrogen (secondary N) is 2. The van der Waals surface area contributed by atoms with Gasteiger partial charge in [0.2, 0.25) is 23.6 Å². The number of hydrogen-bond donors (Lipinski definition) is 3. The summed E-state index contributed by atoms with van der Waals surface area (Å²) in [7, 11) is 0. The van der Waals surface area contributed by atoms with E-state index in [-0.39, 0.29) is 61.7 Å². The maximum atomic E-state index is 14.3. The van der Waals surface area contributed by atoms with Crippen molar-refractivity contribution in [3.05, 3.63) is 134 Å². The number of pyridine rings is 1. The van der Waals surface area contributed by atoms with Gasteiger partial charge in [0.25, 0.3) is 0 Å². The van der Waals surface area contributed by atoms with Gasteiger partial charge in [0.05, 0.1) is 40.5 Å². The molecule has 1 aliphatic carbocycles. The minimum atomic E-state index is -0.830. The zero-order chi connectivity index (χ0) is 49.7. The minimum absolute atomic E-state index is 0.0503. The molecule has 0 radical (unpaired) electrons. The molecule has 7 aromatic rings. The van der Waals surface area contributed by atoms with E-state index in [1.54, 1.807) is 39.7 Å². The normalized spacial score (nSPS) is 19.9. The molecule has 366 valence electrons. The number of aryl methyl sites for hydroxylation is 3. The van der Waals surface area contributed by atoms with Crippen LogP contribution in [0.5, 0.6) is 5.88 Å². The average Bonchev–Trinajstić information content (AvgIpc) is 4.19. The molecule has 10 rings (SSSR count). The van der Waals surface area contributed by atoms with E-state index in [0.29, 0.717) is 29.6 Å². The first kappa shape index (κ1) is 48.0. The average molecular weight is 1010 g/mol. The summed E-state index contributed by atoms with van der Waals surface area (Å²) in [5.74, 6) is 0.863. The zero-order valence-corrected chi connectivity index (χ0v) is 42.6. The van der Waals surface area contributed by atoms with Crippen molar-refractivity contribution in [1.82, 2.24) is 50.0 Å². The first-order valence-electron chi connectivity index (χ1n) is 23.8. The maximum Gasteiger partial charge on any atom is 0.248 e. The van der Waals surface area contributed by atoms with E-state index in [4.69, 9.17) is 21.3 Å². The lowest BCUT2D eigenvalue weighted by Crippen LogP contribution is -2.49. The quantitative estimate of drug-likeness (QED) is 0.0959. The van der Waals surface area contributed by atoms with Gasteiger partial charge in [-0.1, -0.05) is 61.8 Å². The number of rotatable bonds is 14. The molecule has 2 aromatic carbocycles. The van der Waals surface area contributed by atoms with Crippen LogP contribution < -0.4 is 15.4 Å². The zero-order valence-electron chi connectivity index (χ0n) is 40.2. The predicted molar refractivity (Wildman–Crippen MR) is 273 cm³/mol. The van der Waals surface area contributed by atoms with E-state index in [9.17, 15) is 19.5 Å². The lowest BCUT2D eigenvalue weighted by molar-refractivity contribution is -0.142. The fourth-order valence-electron chi connectivity index (χ4n) is 9.68. The van der Waals surface area contributed by atoms with Crippen LogP contribution in [0.2, 0.25) is 5.02 Å². The largest absolute Gasteiger partial charge is 0.474 e. The number of nitrogens with zero attached hydrogens (tertiary/aromatic N) is 9. The summed E-state index contributed by atoms with van der Waals surface area (Å²) in [6, 6.07) is 17.1. The molecule has 71 heavy (non-hydrogen) atoms. The fraction of sp³-hybridized carbons (Fsp3) is 0.365. The van der Waals surface area contributed by atoms with Crippen LogP contribution in [0.3, 0.4) is 0 Å². The number of likely N-dealkylation sites (tertiary alicyclic amines) is 1. The second kappa shape index (κ2) is 19.9. The second-order valence-corrected chi connectivity index (χ2v) is 21.4. The molecule has 0 bridgehead atoms. The summed E-state index contributed by atoms with van der Waals surface area (Å²) in [6.07, 6.45) is 5.64. The van der Waals surface area contributed by atoms with Crippen molar-refractivity contribution in [2.45, 2.75) is 110 Å². The number of thiazole rings is 1. The lowest BCUT2D eigenvalue weighted by atomic mass is 9.89. The highest BCUT2D eigenvalue weighted by Crippen LogP contribution is 2.40. The SMILES string of the molecule is Cc1ncsc1-c1ccc(CNC(=O)[C@@H]2C[C@@H](O)CN2C(=O)C(C(C)C)n2cc(-c3ccnc(O[C@H]4C[C@@H](NC(=O)C[C@@H]5N=C(c6ccc(Cl)cc6)c6c(sc(C)c6C)-n6c(C)nnc65)C4)c3)cn2)cc1. The van der Waals surface area contributed by atoms with Crippen molar-refractivity contribution in [3.63, 3.8) is 0 Å². The first-order chi connectivity index (χ1) is 34.2. The number of benzene rings is 2. The predicted octanol–water partition coefficient (Wildman–Crippen LogP) is 8.08. The van der Waals surface area contributed by atoms with Crippen LogP contribution in [0.15, 0.2) is 89.8 Å². The molecule has 16 nitrogen and oxygen atoms in total. The van der Waals surface area contributed by atoms with Crippen molar-refractivity contribution >= 4 is 57.7 Å². The van der Waals surface area contributed by atoms with E-state index in [0.717, 1.165) is 66.1 Å². The van der Waals surface area contributed by atoms with Gasteiger partial charge >= 0.3 is 0 Å². The van der Waals surface area contributed by atoms with Crippen LogP contribution in [0, 0.1) is 33.6 Å². The van der Waals surface area contributed by atoms with E-state index >= 15 is 0 Å². The van der Waals surface area contributed by atoms with Gasteiger partial charge in [-0.3, -0.25) is 28.6 Å². The highest BCUT2D eigenvalue weighted by Gasteiger charge is 2.43. The van der Waals surface area contributed by atoms with Crippen LogP contribution in [0.25, 0.3) is 26.6 Å². The van der Waals surface area contributed by atoms with Crippen molar-refractivity contribution in [2.75, 3.05) is 6.54 Å². The van der Waals surface area contributed by atoms with Crippen molar-refractivity contribution < 1.29 is 24.2 Å². The number of halogens is 1. The molecule has 1 saturated heterocycles. The fourth-order valence-corrected chi connectivity index (χ4v) is 11.8. The van der Waals surface area contributed by atoms with Gasteiger partial charge < -0.3 is 25.4 Å². The Morgan fingerprint density at radius 2 is 1.69 bits per heavy atom. The summed E-state index contributed by atoms with van der Waals surface area (Å²) in [5, 5.41) is 32.1. The standard InChI is InChI=1S/C52H54ClN11O5S2/c1-27(2)47(51(68)62-25-39(65)20-42(62)50(67)55-22-32-7-9-34(10-8-32)48-29(4)56-26-70-48)63-24-36(23-57-63)35-15-16-54-44(17-35)69-40-18-38(19-40)58-43(66)21-41-49-61-60-31(6)64(49)52-45(28(3)30(5)71-52)46(59-41)33-11-13-37(53)14-12-33/h7-17,23-24,26-27,38-42,47,65H,18-22,25H2,1-6H3,(H,55,67)(H,58,66)/t38-,39-,40+,41+,42+,47?/m1/s1. The molecular formula is C52H54ClN11O5S2. The number of β-amino-alcohol motifs (C(OH)–C–C–N with tert-alkyl or cyclic N) is 1. The molecule has 7 heterocycles. The monoisotopic (exact) mass is 1010 g/mol. The van der Waals surface area contributed by atoms with Crippen LogP contribution in [0.1, 0.15) is 96.1 Å². The van der Waals surface area contributed by atoms with E-state index < -0.39 is 24.2 Å². The highest BCUT2D eigenvalue weighted by atomic mass is 35.5. The molecule has 3 aliphatic rings. The number of thiophene rings is 1. The van der Waals surface area contributed by atoms with Gasteiger partial charge in [-0.05, 0) is 74.1 Å². The highest BCUT2D eigenvalue weighted by molar-refractivity contribution is 7.15. The number of carbonyl (C=O) groups is 3. The van der Waals surface area contributed by atoms with Crippen molar-refractivity contribution in [1.29, 1.82) is 0 Å². The summed E-state index contributed by atoms with van der Waals surface area (Å²) in [6.45, 7) is 12.3. The van der Waals surface area contributed by atoms with Gasteiger partial charge in [0, 0.05) is 83.4 Å². The Kier molecular flexibility index (Phi) is 13.5. The van der Waals surface area contributed by atoms with Gasteiger partial charge in [0.1, 0.15) is 35.1 Å². The minimum Gasteiger partial charge on any atom is -0.474 e. The van der Waals surface area contributed by atoms with E-state index in [2.05, 4.69) is 49.7 Å². The third-order valence-corrected chi connectivity index (χ3v) is 16.0. The number of aliphatic imine (C=N–C) groups is 1. The number of amides is 3. The number of aliphatic hydroxyl groups is 1. The number of aliphatic hydroxyl groups excluding tert-OH is 1. The molecule has 1 saturated carbocycles. The van der Waals surface area contributed by atoms with Crippen LogP contribution in [0.4, 0.5) is 0 Å². The van der Waals surface area contributed by atoms with Crippen molar-refractivity contribution in [3.8, 4) is 32.4 Å². The van der Waals surface area contributed by atoms with Gasteiger partial charge in [-0.25, -0.2) is 9.97 Å². The molecule has 2 fully saturated rings. The molecule has 2 aliphatic heterocycles. The van der Waals surface area contributed by atoms with Crippen LogP contribution in [-0.4, -0.2) is 98.8 Å². The molecular weight excluding hydrogens is 958 g/mol. The Balaban J connectivity index is 0.757. The maximum absolute atomic E-state index is 14.3. The van der Waals surface area contributed by atoms with Crippen molar-refractivity contribution in [2.24, 2.45) is 10.9 Å². The first-order valence-corrected chi connectivity index (χ1v) is 25.8. The number of aromatic nitrogens is 7. The summed E-state index contributed by atoms with van der Waals surface area (Å²) < 4.78 is 9.99. The number of fused-ring (bicyclic) bond motifs is 3. The molecule has 5 aromatic heterocycles. The van der Waals surface area contributed by atoms with Crippen LogP contribution in [-0.2, 0) is 20.9 Å². The summed E-state index contributed by atoms with van der Waals surface area (Å²) >= 11 is 9.53. The Hall–Kier alpha value is -6.60. The van der Waals surface area contributed by atoms with Crippen LogP contribution >= 0.6 is 34.3 Å². The Bertz CT molecular complexity index is 3150.